The van der Waals surface area contributed by atoms with E-state index in [9.17, 15) is 9.59 Å². The molecule has 0 radical (unpaired) electrons. The average Bonchev–Trinajstić information content (AvgIpc) is 3.16. The summed E-state index contributed by atoms with van der Waals surface area (Å²) in [5.41, 5.74) is 7.21. The third-order valence-corrected chi connectivity index (χ3v) is 5.47. The number of hydrogen-bond acceptors (Lipinski definition) is 4. The molecule has 0 aromatic heterocycles. The Kier molecular flexibility index (Phi) is 6.08. The van der Waals surface area contributed by atoms with Crippen LogP contribution in [-0.4, -0.2) is 35.4 Å². The fourth-order valence-corrected chi connectivity index (χ4v) is 3.99. The molecule has 136 valence electrons. The van der Waals surface area contributed by atoms with Crippen molar-refractivity contribution >= 4 is 11.9 Å². The van der Waals surface area contributed by atoms with Crippen LogP contribution in [0, 0.1) is 5.92 Å². The minimum atomic E-state index is -0.483. The summed E-state index contributed by atoms with van der Waals surface area (Å²) in [6.45, 7) is 0.844. The molecule has 1 saturated heterocycles. The van der Waals surface area contributed by atoms with E-state index in [1.54, 1.807) is 4.90 Å². The van der Waals surface area contributed by atoms with Crippen LogP contribution in [0.4, 0.5) is 0 Å². The standard InChI is InChI=1S/C20H28N2O3/c21-18(16-10-5-2-6-11-16)19(23)22-13-7-12-17(22)20(24)25-14-15-8-3-1-4-9-15/h1,3-4,8-9,16-18H,2,5-7,10-14,21H2/t17-,18-/m0/s1. The molecule has 1 aliphatic carbocycles. The Morgan fingerprint density at radius 2 is 1.80 bits per heavy atom. The van der Waals surface area contributed by atoms with Crippen LogP contribution in [0.25, 0.3) is 0 Å². The molecular formula is C20H28N2O3. The highest BCUT2D eigenvalue weighted by molar-refractivity contribution is 5.88. The van der Waals surface area contributed by atoms with Crippen molar-refractivity contribution in [1.29, 1.82) is 0 Å². The summed E-state index contributed by atoms with van der Waals surface area (Å²) < 4.78 is 5.44. The van der Waals surface area contributed by atoms with Gasteiger partial charge in [0.05, 0.1) is 6.04 Å². The number of rotatable bonds is 5. The monoisotopic (exact) mass is 344 g/mol. The first-order valence-electron chi connectivity index (χ1n) is 9.43. The van der Waals surface area contributed by atoms with E-state index in [1.165, 1.54) is 6.42 Å². The summed E-state index contributed by atoms with van der Waals surface area (Å²) in [5, 5.41) is 0. The molecule has 0 unspecified atom stereocenters. The molecule has 2 aliphatic rings. The number of ether oxygens (including phenoxy) is 1. The van der Waals surface area contributed by atoms with Crippen LogP contribution < -0.4 is 5.73 Å². The Labute approximate surface area is 149 Å². The number of carbonyl (C=O) groups excluding carboxylic acids is 2. The maximum absolute atomic E-state index is 12.8. The summed E-state index contributed by atoms with van der Waals surface area (Å²) in [6.07, 6.45) is 7.05. The molecule has 1 aromatic carbocycles. The van der Waals surface area contributed by atoms with E-state index in [0.717, 1.165) is 37.7 Å². The van der Waals surface area contributed by atoms with Crippen molar-refractivity contribution in [3.63, 3.8) is 0 Å². The number of amides is 1. The van der Waals surface area contributed by atoms with Crippen LogP contribution in [0.5, 0.6) is 0 Å². The molecule has 0 bridgehead atoms. The van der Waals surface area contributed by atoms with Crippen LogP contribution >= 0.6 is 0 Å². The summed E-state index contributed by atoms with van der Waals surface area (Å²) in [6, 6.07) is 8.63. The Bertz CT molecular complexity index is 584. The number of carbonyl (C=O) groups is 2. The number of nitrogens with two attached hydrogens (primary N) is 1. The van der Waals surface area contributed by atoms with Crippen molar-refractivity contribution in [2.45, 2.75) is 63.6 Å². The van der Waals surface area contributed by atoms with E-state index in [-0.39, 0.29) is 24.4 Å². The van der Waals surface area contributed by atoms with Gasteiger partial charge in [-0.1, -0.05) is 49.6 Å². The number of nitrogens with zero attached hydrogens (tertiary/aromatic N) is 1. The predicted octanol–water partition coefficient (Wildman–Crippen LogP) is 2.63. The Balaban J connectivity index is 1.57. The van der Waals surface area contributed by atoms with Gasteiger partial charge in [0.25, 0.3) is 0 Å². The SMILES string of the molecule is N[C@H](C(=O)N1CCC[C@H]1C(=O)OCc1ccccc1)C1CCCCC1. The van der Waals surface area contributed by atoms with Gasteiger partial charge in [0.1, 0.15) is 12.6 Å². The molecule has 3 rings (SSSR count). The van der Waals surface area contributed by atoms with E-state index in [4.69, 9.17) is 10.5 Å². The first-order chi connectivity index (χ1) is 12.2. The predicted molar refractivity (Wildman–Crippen MR) is 95.5 cm³/mol. The second-order valence-corrected chi connectivity index (χ2v) is 7.21. The molecule has 1 aliphatic heterocycles. The molecule has 1 saturated carbocycles. The molecule has 1 heterocycles. The van der Waals surface area contributed by atoms with Gasteiger partial charge >= 0.3 is 5.97 Å². The zero-order valence-corrected chi connectivity index (χ0v) is 14.7. The molecule has 25 heavy (non-hydrogen) atoms. The van der Waals surface area contributed by atoms with Crippen LogP contribution in [0.2, 0.25) is 0 Å². The number of hydrogen-bond donors (Lipinski definition) is 1. The van der Waals surface area contributed by atoms with Crippen molar-refractivity contribution in [2.24, 2.45) is 11.7 Å². The first-order valence-corrected chi connectivity index (χ1v) is 9.43. The highest BCUT2D eigenvalue weighted by Gasteiger charge is 2.39. The van der Waals surface area contributed by atoms with E-state index in [2.05, 4.69) is 0 Å². The van der Waals surface area contributed by atoms with Crippen molar-refractivity contribution < 1.29 is 14.3 Å². The molecule has 5 heteroatoms. The molecule has 2 atom stereocenters. The molecular weight excluding hydrogens is 316 g/mol. The largest absolute Gasteiger partial charge is 0.459 e. The lowest BCUT2D eigenvalue weighted by Gasteiger charge is -2.31. The second-order valence-electron chi connectivity index (χ2n) is 7.21. The molecule has 1 aromatic rings. The van der Waals surface area contributed by atoms with Gasteiger partial charge in [-0.3, -0.25) is 4.79 Å². The Hall–Kier alpha value is -1.88. The third kappa shape index (κ3) is 4.40. The topological polar surface area (TPSA) is 72.6 Å². The zero-order valence-electron chi connectivity index (χ0n) is 14.7. The van der Waals surface area contributed by atoms with Gasteiger partial charge in [0, 0.05) is 6.54 Å². The molecule has 5 nitrogen and oxygen atoms in total. The number of esters is 1. The van der Waals surface area contributed by atoms with Gasteiger partial charge in [-0.05, 0) is 37.2 Å². The van der Waals surface area contributed by atoms with Gasteiger partial charge in [0.2, 0.25) is 5.91 Å². The summed E-state index contributed by atoms with van der Waals surface area (Å²) in [7, 11) is 0. The summed E-state index contributed by atoms with van der Waals surface area (Å²) >= 11 is 0. The van der Waals surface area contributed by atoms with Gasteiger partial charge in [-0.15, -0.1) is 0 Å². The molecule has 1 amide bonds. The minimum Gasteiger partial charge on any atom is -0.459 e. The van der Waals surface area contributed by atoms with Crippen LogP contribution in [-0.2, 0) is 20.9 Å². The van der Waals surface area contributed by atoms with Gasteiger partial charge in [0.15, 0.2) is 0 Å². The second kappa shape index (κ2) is 8.48. The van der Waals surface area contributed by atoms with Crippen LogP contribution in [0.3, 0.4) is 0 Å². The molecule has 2 fully saturated rings. The first kappa shape index (κ1) is 17.9. The Morgan fingerprint density at radius 1 is 1.08 bits per heavy atom. The van der Waals surface area contributed by atoms with Crippen molar-refractivity contribution in [3.05, 3.63) is 35.9 Å². The maximum Gasteiger partial charge on any atom is 0.329 e. The number of benzene rings is 1. The fraction of sp³-hybridized carbons (Fsp3) is 0.600. The summed E-state index contributed by atoms with van der Waals surface area (Å²) in [4.78, 5) is 27.0. The molecule has 2 N–H and O–H groups in total. The van der Waals surface area contributed by atoms with E-state index in [1.807, 2.05) is 30.3 Å². The fourth-order valence-electron chi connectivity index (χ4n) is 3.99. The van der Waals surface area contributed by atoms with Gasteiger partial charge in [-0.2, -0.15) is 0 Å². The van der Waals surface area contributed by atoms with E-state index < -0.39 is 12.1 Å². The lowest BCUT2D eigenvalue weighted by atomic mass is 9.83. The average molecular weight is 344 g/mol. The van der Waals surface area contributed by atoms with E-state index >= 15 is 0 Å². The smallest absolute Gasteiger partial charge is 0.329 e. The lowest BCUT2D eigenvalue weighted by Crippen LogP contribution is -2.51. The highest BCUT2D eigenvalue weighted by Crippen LogP contribution is 2.28. The quantitative estimate of drug-likeness (QED) is 0.834. The highest BCUT2D eigenvalue weighted by atomic mass is 16.5. The maximum atomic E-state index is 12.8. The van der Waals surface area contributed by atoms with Gasteiger partial charge < -0.3 is 15.4 Å². The number of likely N-dealkylation sites (tertiary alicyclic amines) is 1. The zero-order chi connectivity index (χ0) is 17.6. The van der Waals surface area contributed by atoms with Crippen molar-refractivity contribution in [2.75, 3.05) is 6.54 Å². The third-order valence-electron chi connectivity index (χ3n) is 5.47. The van der Waals surface area contributed by atoms with E-state index in [0.29, 0.717) is 13.0 Å². The van der Waals surface area contributed by atoms with Crippen molar-refractivity contribution in [3.8, 4) is 0 Å². The summed E-state index contributed by atoms with van der Waals surface area (Å²) in [5.74, 6) is -0.139. The molecule has 0 spiro atoms. The van der Waals surface area contributed by atoms with Crippen LogP contribution in [0.1, 0.15) is 50.5 Å². The Morgan fingerprint density at radius 3 is 2.52 bits per heavy atom. The normalized spacial score (nSPS) is 22.6. The van der Waals surface area contributed by atoms with Gasteiger partial charge in [-0.25, -0.2) is 4.79 Å². The minimum absolute atomic E-state index is 0.0777. The van der Waals surface area contributed by atoms with Crippen molar-refractivity contribution in [1.82, 2.24) is 4.90 Å². The van der Waals surface area contributed by atoms with Crippen LogP contribution in [0.15, 0.2) is 30.3 Å². The lowest BCUT2D eigenvalue weighted by molar-refractivity contribution is -0.155.